The summed E-state index contributed by atoms with van der Waals surface area (Å²) >= 11 is 1.78. The number of hydrogen-bond donors (Lipinski definition) is 1. The molecule has 0 radical (unpaired) electrons. The van der Waals surface area contributed by atoms with Crippen LogP contribution in [0.5, 0.6) is 0 Å². The Morgan fingerprint density at radius 3 is 2.74 bits per heavy atom. The van der Waals surface area contributed by atoms with Gasteiger partial charge in [0.15, 0.2) is 0 Å². The van der Waals surface area contributed by atoms with Crippen molar-refractivity contribution in [1.29, 1.82) is 0 Å². The van der Waals surface area contributed by atoms with Gasteiger partial charge in [-0.1, -0.05) is 37.3 Å². The zero-order valence-corrected chi connectivity index (χ0v) is 12.3. The van der Waals surface area contributed by atoms with Crippen LogP contribution in [0.25, 0.3) is 11.3 Å². The Kier molecular flexibility index (Phi) is 3.67. The molecule has 19 heavy (non-hydrogen) atoms. The van der Waals surface area contributed by atoms with Gasteiger partial charge in [0.05, 0.1) is 10.7 Å². The third-order valence-electron chi connectivity index (χ3n) is 4.08. The third-order valence-corrected chi connectivity index (χ3v) is 4.95. The highest BCUT2D eigenvalue weighted by Crippen LogP contribution is 2.41. The van der Waals surface area contributed by atoms with Crippen molar-refractivity contribution >= 4 is 11.3 Å². The molecule has 3 atom stereocenters. The molecule has 1 aliphatic rings. The van der Waals surface area contributed by atoms with E-state index in [-0.39, 0.29) is 0 Å². The Balaban J connectivity index is 1.71. The number of hydrogen-bond acceptors (Lipinski definition) is 3. The summed E-state index contributed by atoms with van der Waals surface area (Å²) in [4.78, 5) is 4.78. The van der Waals surface area contributed by atoms with Gasteiger partial charge in [-0.15, -0.1) is 11.3 Å². The van der Waals surface area contributed by atoms with E-state index in [0.29, 0.717) is 6.04 Å². The van der Waals surface area contributed by atoms with E-state index in [2.05, 4.69) is 48.9 Å². The number of nitrogens with one attached hydrogen (secondary N) is 1. The zero-order chi connectivity index (χ0) is 13.2. The molecule has 1 saturated carbocycles. The van der Waals surface area contributed by atoms with Gasteiger partial charge in [0, 0.05) is 23.4 Å². The predicted molar refractivity (Wildman–Crippen MR) is 81.4 cm³/mol. The van der Waals surface area contributed by atoms with E-state index in [1.165, 1.54) is 17.0 Å². The lowest BCUT2D eigenvalue weighted by molar-refractivity contribution is 0.479. The van der Waals surface area contributed by atoms with E-state index in [0.717, 1.165) is 24.0 Å². The fraction of sp³-hybridized carbons (Fsp3) is 0.438. The summed E-state index contributed by atoms with van der Waals surface area (Å²) in [5.41, 5.74) is 2.32. The molecule has 2 nitrogen and oxygen atoms in total. The van der Waals surface area contributed by atoms with E-state index in [1.54, 1.807) is 11.3 Å². The number of aromatic nitrogens is 1. The van der Waals surface area contributed by atoms with Crippen LogP contribution in [0.4, 0.5) is 0 Å². The number of nitrogens with zero attached hydrogens (tertiary/aromatic N) is 1. The molecule has 1 aliphatic carbocycles. The minimum atomic E-state index is 0.588. The van der Waals surface area contributed by atoms with Crippen LogP contribution in [0.1, 0.15) is 18.4 Å². The second-order valence-electron chi connectivity index (χ2n) is 5.47. The molecule has 1 aromatic heterocycles. The zero-order valence-electron chi connectivity index (χ0n) is 11.5. The van der Waals surface area contributed by atoms with E-state index in [1.807, 2.05) is 6.07 Å². The fourth-order valence-corrected chi connectivity index (χ4v) is 3.58. The highest BCUT2D eigenvalue weighted by Gasteiger charge is 2.38. The maximum absolute atomic E-state index is 4.78. The summed E-state index contributed by atoms with van der Waals surface area (Å²) in [7, 11) is 2.07. The molecule has 0 bridgehead atoms. The topological polar surface area (TPSA) is 24.9 Å². The van der Waals surface area contributed by atoms with Gasteiger partial charge < -0.3 is 5.32 Å². The Hall–Kier alpha value is -1.19. The molecule has 3 rings (SSSR count). The lowest BCUT2D eigenvalue weighted by Crippen LogP contribution is -2.30. The van der Waals surface area contributed by atoms with Crippen LogP contribution in [0.2, 0.25) is 0 Å². The SMILES string of the molecule is CNC(Cc1nc(-c2ccccc2)cs1)C1CC1C. The van der Waals surface area contributed by atoms with E-state index >= 15 is 0 Å². The summed E-state index contributed by atoms with van der Waals surface area (Å²) in [6.07, 6.45) is 2.42. The molecule has 1 fully saturated rings. The Morgan fingerprint density at radius 2 is 2.11 bits per heavy atom. The van der Waals surface area contributed by atoms with Gasteiger partial charge in [0.25, 0.3) is 0 Å². The van der Waals surface area contributed by atoms with E-state index in [9.17, 15) is 0 Å². The third kappa shape index (κ3) is 2.88. The number of thiazole rings is 1. The lowest BCUT2D eigenvalue weighted by atomic mass is 10.1. The Labute approximate surface area is 118 Å². The standard InChI is InChI=1S/C16H20N2S/c1-11-8-13(11)14(17-2)9-16-18-15(10-19-16)12-6-4-3-5-7-12/h3-7,10-11,13-14,17H,8-9H2,1-2H3. The van der Waals surface area contributed by atoms with Gasteiger partial charge in [-0.25, -0.2) is 4.98 Å². The monoisotopic (exact) mass is 272 g/mol. The molecular weight excluding hydrogens is 252 g/mol. The van der Waals surface area contributed by atoms with Gasteiger partial charge in [-0.3, -0.25) is 0 Å². The molecule has 1 aromatic carbocycles. The normalized spacial score (nSPS) is 23.3. The lowest BCUT2D eigenvalue weighted by Gasteiger charge is -2.13. The molecule has 0 aliphatic heterocycles. The van der Waals surface area contributed by atoms with Crippen molar-refractivity contribution < 1.29 is 0 Å². The first-order valence-corrected chi connectivity index (χ1v) is 7.83. The second-order valence-corrected chi connectivity index (χ2v) is 6.41. The minimum Gasteiger partial charge on any atom is -0.316 e. The Bertz CT molecular complexity index is 535. The van der Waals surface area contributed by atoms with Crippen molar-refractivity contribution in [2.45, 2.75) is 25.8 Å². The summed E-state index contributed by atoms with van der Waals surface area (Å²) in [5.74, 6) is 1.72. The molecular formula is C16H20N2S. The van der Waals surface area contributed by atoms with Gasteiger partial charge in [0.1, 0.15) is 0 Å². The maximum atomic E-state index is 4.78. The van der Waals surface area contributed by atoms with Crippen LogP contribution in [-0.4, -0.2) is 18.1 Å². The van der Waals surface area contributed by atoms with Gasteiger partial charge >= 0.3 is 0 Å². The molecule has 0 saturated heterocycles. The maximum Gasteiger partial charge on any atom is 0.0948 e. The number of benzene rings is 1. The molecule has 3 heteroatoms. The van der Waals surface area contributed by atoms with Crippen LogP contribution in [0.3, 0.4) is 0 Å². The molecule has 1 heterocycles. The van der Waals surface area contributed by atoms with Crippen molar-refractivity contribution in [3.63, 3.8) is 0 Å². The second kappa shape index (κ2) is 5.43. The van der Waals surface area contributed by atoms with Crippen molar-refractivity contribution in [1.82, 2.24) is 10.3 Å². The first-order chi connectivity index (χ1) is 9.28. The van der Waals surface area contributed by atoms with Crippen molar-refractivity contribution in [3.05, 3.63) is 40.7 Å². The molecule has 2 aromatic rings. The first-order valence-electron chi connectivity index (χ1n) is 6.95. The van der Waals surface area contributed by atoms with Gasteiger partial charge in [-0.05, 0) is 25.3 Å². The summed E-state index contributed by atoms with van der Waals surface area (Å²) in [6.45, 7) is 2.34. The van der Waals surface area contributed by atoms with Crippen LogP contribution in [-0.2, 0) is 6.42 Å². The highest BCUT2D eigenvalue weighted by atomic mass is 32.1. The van der Waals surface area contributed by atoms with Gasteiger partial charge in [-0.2, -0.15) is 0 Å². The number of likely N-dealkylation sites (N-methyl/N-ethyl adjacent to an activating group) is 1. The highest BCUT2D eigenvalue weighted by molar-refractivity contribution is 7.09. The molecule has 100 valence electrons. The first kappa shape index (κ1) is 12.8. The predicted octanol–water partition coefficient (Wildman–Crippen LogP) is 3.60. The summed E-state index contributed by atoms with van der Waals surface area (Å²) in [5, 5.41) is 6.88. The summed E-state index contributed by atoms with van der Waals surface area (Å²) < 4.78 is 0. The quantitative estimate of drug-likeness (QED) is 0.899. The van der Waals surface area contributed by atoms with Crippen molar-refractivity contribution in [3.8, 4) is 11.3 Å². The van der Waals surface area contributed by atoms with Crippen LogP contribution in [0.15, 0.2) is 35.7 Å². The largest absolute Gasteiger partial charge is 0.316 e. The van der Waals surface area contributed by atoms with Crippen LogP contribution in [0, 0.1) is 11.8 Å². The van der Waals surface area contributed by atoms with Crippen molar-refractivity contribution in [2.75, 3.05) is 7.05 Å². The Morgan fingerprint density at radius 1 is 1.37 bits per heavy atom. The fourth-order valence-electron chi connectivity index (χ4n) is 2.71. The molecule has 0 spiro atoms. The molecule has 1 N–H and O–H groups in total. The molecule has 3 unspecified atom stereocenters. The molecule has 0 amide bonds. The summed E-state index contributed by atoms with van der Waals surface area (Å²) in [6, 6.07) is 11.0. The number of rotatable bonds is 5. The smallest absolute Gasteiger partial charge is 0.0948 e. The van der Waals surface area contributed by atoms with Crippen molar-refractivity contribution in [2.24, 2.45) is 11.8 Å². The van der Waals surface area contributed by atoms with Crippen LogP contribution >= 0.6 is 11.3 Å². The van der Waals surface area contributed by atoms with Crippen LogP contribution < -0.4 is 5.32 Å². The average Bonchev–Trinajstić information content (AvgIpc) is 3.00. The minimum absolute atomic E-state index is 0.588. The van der Waals surface area contributed by atoms with Gasteiger partial charge in [0.2, 0.25) is 0 Å². The average molecular weight is 272 g/mol. The van der Waals surface area contributed by atoms with E-state index in [4.69, 9.17) is 4.98 Å². The van der Waals surface area contributed by atoms with E-state index < -0.39 is 0 Å².